The van der Waals surface area contributed by atoms with Crippen LogP contribution in [-0.2, 0) is 0 Å². The molecule has 0 saturated heterocycles. The third-order valence-electron chi connectivity index (χ3n) is 5.20. The molecule has 34 heavy (non-hydrogen) atoms. The van der Waals surface area contributed by atoms with Gasteiger partial charge in [-0.25, -0.2) is 4.79 Å². The molecule has 0 aliphatic carbocycles. The van der Waals surface area contributed by atoms with Gasteiger partial charge >= 0.3 is 6.03 Å². The highest BCUT2D eigenvalue weighted by atomic mass is 16.5. The van der Waals surface area contributed by atoms with Crippen LogP contribution in [0.5, 0.6) is 5.75 Å². The minimum Gasteiger partial charge on any atom is -0.495 e. The van der Waals surface area contributed by atoms with Gasteiger partial charge < -0.3 is 15.4 Å². The molecule has 0 bridgehead atoms. The number of carbonyl (C=O) groups is 1. The summed E-state index contributed by atoms with van der Waals surface area (Å²) in [6.45, 7) is 1.95. The van der Waals surface area contributed by atoms with Gasteiger partial charge in [0.15, 0.2) is 11.5 Å². The minimum atomic E-state index is -0.373. The van der Waals surface area contributed by atoms with Crippen molar-refractivity contribution in [1.82, 2.24) is 24.8 Å². The molecule has 0 aliphatic heterocycles. The summed E-state index contributed by atoms with van der Waals surface area (Å²) in [7, 11) is 1.57. The number of nitrogens with zero attached hydrogens (tertiary/aromatic N) is 5. The number of pyridine rings is 1. The summed E-state index contributed by atoms with van der Waals surface area (Å²) < 4.78 is 7.01. The fourth-order valence-corrected chi connectivity index (χ4v) is 3.58. The zero-order valence-electron chi connectivity index (χ0n) is 18.6. The van der Waals surface area contributed by atoms with Crippen molar-refractivity contribution in [3.8, 4) is 28.4 Å². The highest BCUT2D eigenvalue weighted by molar-refractivity contribution is 6.01. The van der Waals surface area contributed by atoms with E-state index in [4.69, 9.17) is 9.84 Å². The quantitative estimate of drug-likeness (QED) is 0.397. The molecule has 9 heteroatoms. The van der Waals surface area contributed by atoms with E-state index in [1.807, 2.05) is 73.7 Å². The van der Waals surface area contributed by atoms with E-state index in [1.54, 1.807) is 24.0 Å². The molecular weight excluding hydrogens is 430 g/mol. The Bertz CT molecular complexity index is 1480. The molecule has 5 rings (SSSR count). The number of anilines is 2. The summed E-state index contributed by atoms with van der Waals surface area (Å²) >= 11 is 0. The maximum Gasteiger partial charge on any atom is 0.323 e. The van der Waals surface area contributed by atoms with E-state index in [9.17, 15) is 4.79 Å². The molecule has 3 heterocycles. The molecule has 2 amide bonds. The molecule has 0 aliphatic rings. The first kappa shape index (κ1) is 21.1. The van der Waals surface area contributed by atoms with Gasteiger partial charge in [0.1, 0.15) is 5.75 Å². The van der Waals surface area contributed by atoms with Crippen molar-refractivity contribution in [2.24, 2.45) is 0 Å². The van der Waals surface area contributed by atoms with Gasteiger partial charge in [-0.2, -0.15) is 9.61 Å². The molecule has 0 unspecified atom stereocenters. The number of urea groups is 1. The number of carbonyl (C=O) groups excluding carboxylic acids is 1. The number of hydrogen-bond donors (Lipinski definition) is 2. The summed E-state index contributed by atoms with van der Waals surface area (Å²) in [4.78, 5) is 16.8. The Morgan fingerprint density at radius 2 is 1.82 bits per heavy atom. The Kier molecular flexibility index (Phi) is 5.57. The van der Waals surface area contributed by atoms with Crippen molar-refractivity contribution in [3.63, 3.8) is 0 Å². The van der Waals surface area contributed by atoms with Crippen LogP contribution in [0.2, 0.25) is 0 Å². The summed E-state index contributed by atoms with van der Waals surface area (Å²) in [5, 5.41) is 18.9. The molecule has 2 N–H and O–H groups in total. The summed E-state index contributed by atoms with van der Waals surface area (Å²) in [6, 6.07) is 20.1. The van der Waals surface area contributed by atoms with Crippen LogP contribution in [0.1, 0.15) is 5.56 Å². The van der Waals surface area contributed by atoms with Crippen LogP contribution >= 0.6 is 0 Å². The molecule has 0 atom stereocenters. The van der Waals surface area contributed by atoms with Crippen molar-refractivity contribution in [2.45, 2.75) is 6.92 Å². The third kappa shape index (κ3) is 4.26. The lowest BCUT2D eigenvalue weighted by molar-refractivity contribution is 0.262. The molecule has 0 radical (unpaired) electrons. The number of ether oxygens (including phenoxy) is 1. The van der Waals surface area contributed by atoms with Gasteiger partial charge in [0.25, 0.3) is 0 Å². The predicted molar refractivity (Wildman–Crippen MR) is 130 cm³/mol. The van der Waals surface area contributed by atoms with Crippen LogP contribution in [0.3, 0.4) is 0 Å². The normalized spacial score (nSPS) is 10.8. The largest absolute Gasteiger partial charge is 0.495 e. The van der Waals surface area contributed by atoms with Gasteiger partial charge in [-0.3, -0.25) is 4.98 Å². The van der Waals surface area contributed by atoms with Gasteiger partial charge in [-0.1, -0.05) is 18.2 Å². The van der Waals surface area contributed by atoms with Crippen molar-refractivity contribution < 1.29 is 9.53 Å². The highest BCUT2D eigenvalue weighted by Gasteiger charge is 2.12. The van der Waals surface area contributed by atoms with Crippen molar-refractivity contribution >= 4 is 23.1 Å². The summed E-state index contributed by atoms with van der Waals surface area (Å²) in [5.41, 5.74) is 5.22. The summed E-state index contributed by atoms with van der Waals surface area (Å²) in [6.07, 6.45) is 3.42. The van der Waals surface area contributed by atoms with E-state index in [0.717, 1.165) is 16.7 Å². The van der Waals surface area contributed by atoms with Crippen LogP contribution in [0.15, 0.2) is 79.1 Å². The summed E-state index contributed by atoms with van der Waals surface area (Å²) in [5.74, 6) is 1.19. The Labute approximate surface area is 195 Å². The van der Waals surface area contributed by atoms with Crippen LogP contribution in [0.4, 0.5) is 16.2 Å². The van der Waals surface area contributed by atoms with E-state index < -0.39 is 0 Å². The maximum absolute atomic E-state index is 12.6. The SMILES string of the molecule is COc1ccc(C)cc1NC(=O)Nc1cccc(-c2ccc3nnc(-c4cccnc4)n3n2)c1. The van der Waals surface area contributed by atoms with E-state index in [1.165, 1.54) is 0 Å². The monoisotopic (exact) mass is 451 g/mol. The second-order valence-electron chi connectivity index (χ2n) is 7.62. The number of rotatable bonds is 5. The molecule has 168 valence electrons. The topological polar surface area (TPSA) is 106 Å². The Hall–Kier alpha value is -4.79. The van der Waals surface area contributed by atoms with Crippen LogP contribution in [0.25, 0.3) is 28.3 Å². The number of nitrogens with one attached hydrogen (secondary N) is 2. The van der Waals surface area contributed by atoms with Gasteiger partial charge in [-0.15, -0.1) is 10.2 Å². The molecule has 5 aromatic rings. The molecule has 2 aromatic carbocycles. The second-order valence-corrected chi connectivity index (χ2v) is 7.62. The van der Waals surface area contributed by atoms with Gasteiger partial charge in [-0.05, 0) is 61.0 Å². The van der Waals surface area contributed by atoms with Gasteiger partial charge in [0.05, 0.1) is 18.5 Å². The van der Waals surface area contributed by atoms with Gasteiger partial charge in [0, 0.05) is 29.2 Å². The number of benzene rings is 2. The van der Waals surface area contributed by atoms with Crippen molar-refractivity contribution in [3.05, 3.63) is 84.7 Å². The molecular formula is C25H21N7O2. The molecule has 0 fully saturated rings. The smallest absolute Gasteiger partial charge is 0.323 e. The number of hydrogen-bond acceptors (Lipinski definition) is 6. The Morgan fingerprint density at radius 1 is 0.941 bits per heavy atom. The lowest BCUT2D eigenvalue weighted by Crippen LogP contribution is -2.19. The lowest BCUT2D eigenvalue weighted by Gasteiger charge is -2.12. The Balaban J connectivity index is 1.40. The zero-order valence-corrected chi connectivity index (χ0v) is 18.6. The first-order valence-corrected chi connectivity index (χ1v) is 10.6. The number of fused-ring (bicyclic) bond motifs is 1. The average Bonchev–Trinajstić information content (AvgIpc) is 3.28. The fourth-order valence-electron chi connectivity index (χ4n) is 3.58. The number of methoxy groups -OCH3 is 1. The lowest BCUT2D eigenvalue weighted by atomic mass is 10.1. The van der Waals surface area contributed by atoms with E-state index in [2.05, 4.69) is 25.8 Å². The zero-order chi connectivity index (χ0) is 23.5. The molecule has 0 saturated carbocycles. The van der Waals surface area contributed by atoms with E-state index in [-0.39, 0.29) is 6.03 Å². The maximum atomic E-state index is 12.6. The van der Waals surface area contributed by atoms with Crippen molar-refractivity contribution in [1.29, 1.82) is 0 Å². The van der Waals surface area contributed by atoms with E-state index in [0.29, 0.717) is 34.3 Å². The average molecular weight is 451 g/mol. The minimum absolute atomic E-state index is 0.373. The standard InChI is InChI=1S/C25H21N7O2/c1-16-8-10-22(34-2)21(13-16)28-25(33)27-19-7-3-5-17(14-19)20-9-11-23-29-30-24(32(23)31-20)18-6-4-12-26-15-18/h3-15H,1-2H3,(H2,27,28,33). The van der Waals surface area contributed by atoms with E-state index >= 15 is 0 Å². The molecule has 9 nitrogen and oxygen atoms in total. The predicted octanol–water partition coefficient (Wildman–Crippen LogP) is 4.81. The number of amides is 2. The number of aryl methyl sites for hydroxylation is 1. The molecule has 3 aromatic heterocycles. The number of aromatic nitrogens is 5. The third-order valence-corrected chi connectivity index (χ3v) is 5.20. The molecule has 0 spiro atoms. The van der Waals surface area contributed by atoms with Crippen LogP contribution < -0.4 is 15.4 Å². The van der Waals surface area contributed by atoms with Crippen LogP contribution in [0, 0.1) is 6.92 Å². The van der Waals surface area contributed by atoms with Crippen molar-refractivity contribution in [2.75, 3.05) is 17.7 Å². The van der Waals surface area contributed by atoms with Crippen LogP contribution in [-0.4, -0.2) is 37.9 Å². The first-order valence-electron chi connectivity index (χ1n) is 10.6. The van der Waals surface area contributed by atoms with Gasteiger partial charge in [0.2, 0.25) is 0 Å². The first-order chi connectivity index (χ1) is 16.6. The fraction of sp³-hybridized carbons (Fsp3) is 0.0800. The second kappa shape index (κ2) is 8.99. The Morgan fingerprint density at radius 3 is 2.65 bits per heavy atom. The highest BCUT2D eigenvalue weighted by Crippen LogP contribution is 2.26.